The first-order valence-electron chi connectivity index (χ1n) is 5.88. The zero-order valence-corrected chi connectivity index (χ0v) is 11.7. The number of nitrogens with one attached hydrogen (secondary N) is 1. The molecule has 7 heteroatoms. The summed E-state index contributed by atoms with van der Waals surface area (Å²) in [7, 11) is 1.70. The van der Waals surface area contributed by atoms with Crippen LogP contribution in [-0.2, 0) is 19.8 Å². The topological polar surface area (TPSA) is 29.9 Å². The first kappa shape index (κ1) is 14.7. The van der Waals surface area contributed by atoms with Gasteiger partial charge in [0.1, 0.15) is 0 Å². The summed E-state index contributed by atoms with van der Waals surface area (Å²) in [5, 5.41) is 7.34. The average molecular weight is 304 g/mol. The van der Waals surface area contributed by atoms with E-state index >= 15 is 0 Å². The van der Waals surface area contributed by atoms with Crippen LogP contribution in [0.25, 0.3) is 0 Å². The van der Waals surface area contributed by atoms with Crippen molar-refractivity contribution in [1.29, 1.82) is 0 Å². The molecule has 1 N–H and O–H groups in total. The molecule has 2 rings (SSSR count). The molecular weight excluding hydrogens is 291 g/mol. The average Bonchev–Trinajstić information content (AvgIpc) is 2.60. The van der Waals surface area contributed by atoms with Gasteiger partial charge in [-0.15, -0.1) is 0 Å². The van der Waals surface area contributed by atoms with Crippen LogP contribution >= 0.6 is 11.6 Å². The lowest BCUT2D eigenvalue weighted by Crippen LogP contribution is -2.12. The van der Waals surface area contributed by atoms with Gasteiger partial charge < -0.3 is 5.32 Å². The van der Waals surface area contributed by atoms with Crippen LogP contribution in [-0.4, -0.2) is 9.78 Å². The van der Waals surface area contributed by atoms with E-state index in [-0.39, 0.29) is 12.2 Å². The van der Waals surface area contributed by atoms with E-state index in [0.717, 1.165) is 6.07 Å². The minimum Gasteiger partial charge on any atom is -0.379 e. The lowest BCUT2D eigenvalue weighted by Gasteiger charge is -2.14. The highest BCUT2D eigenvalue weighted by molar-refractivity contribution is 6.31. The quantitative estimate of drug-likeness (QED) is 0.928. The molecule has 0 aliphatic rings. The number of aryl methyl sites for hydroxylation is 2. The molecule has 0 saturated heterocycles. The number of nitrogens with zero attached hydrogens (tertiary/aromatic N) is 2. The van der Waals surface area contributed by atoms with Gasteiger partial charge in [0.05, 0.1) is 28.5 Å². The maximum absolute atomic E-state index is 12.9. The predicted octanol–water partition coefficient (Wildman–Crippen LogP) is 4.01. The minimum absolute atomic E-state index is 0.0231. The van der Waals surface area contributed by atoms with Crippen LogP contribution in [0.3, 0.4) is 0 Å². The van der Waals surface area contributed by atoms with Gasteiger partial charge in [-0.1, -0.05) is 23.7 Å². The number of rotatable bonds is 3. The van der Waals surface area contributed by atoms with Crippen LogP contribution in [0.5, 0.6) is 0 Å². The first-order valence-corrected chi connectivity index (χ1v) is 6.26. The Hall–Kier alpha value is -1.69. The van der Waals surface area contributed by atoms with Crippen LogP contribution in [0.4, 0.5) is 18.9 Å². The second-order valence-electron chi connectivity index (χ2n) is 4.37. The third-order valence-corrected chi connectivity index (χ3v) is 3.43. The lowest BCUT2D eigenvalue weighted by molar-refractivity contribution is -0.136. The van der Waals surface area contributed by atoms with E-state index in [1.807, 2.05) is 0 Å². The SMILES string of the molecule is Cc1nn(C)c(CNc2ccccc2C(F)(F)F)c1Cl. The van der Waals surface area contributed by atoms with Gasteiger partial charge in [-0.2, -0.15) is 18.3 Å². The Kier molecular flexibility index (Phi) is 3.94. The normalized spacial score (nSPS) is 11.7. The highest BCUT2D eigenvalue weighted by atomic mass is 35.5. The van der Waals surface area contributed by atoms with Gasteiger partial charge in [-0.3, -0.25) is 4.68 Å². The molecule has 0 bridgehead atoms. The molecule has 20 heavy (non-hydrogen) atoms. The summed E-state index contributed by atoms with van der Waals surface area (Å²) in [6.07, 6.45) is -4.39. The Balaban J connectivity index is 2.24. The molecule has 0 amide bonds. The van der Waals surface area contributed by atoms with Crippen molar-refractivity contribution in [2.45, 2.75) is 19.6 Å². The van der Waals surface area contributed by atoms with Gasteiger partial charge in [0, 0.05) is 12.7 Å². The predicted molar refractivity (Wildman–Crippen MR) is 71.7 cm³/mol. The van der Waals surface area contributed by atoms with Crippen LogP contribution < -0.4 is 5.32 Å². The summed E-state index contributed by atoms with van der Waals surface area (Å²) >= 11 is 6.06. The fourth-order valence-corrected chi connectivity index (χ4v) is 2.16. The van der Waals surface area contributed by atoms with E-state index in [2.05, 4.69) is 10.4 Å². The van der Waals surface area contributed by atoms with Crippen molar-refractivity contribution < 1.29 is 13.2 Å². The van der Waals surface area contributed by atoms with Crippen molar-refractivity contribution in [3.05, 3.63) is 46.2 Å². The summed E-state index contributed by atoms with van der Waals surface area (Å²) in [4.78, 5) is 0. The molecule has 0 unspecified atom stereocenters. The molecule has 1 heterocycles. The molecule has 0 aliphatic carbocycles. The molecule has 0 aliphatic heterocycles. The summed E-state index contributed by atoms with van der Waals surface area (Å²) in [5.74, 6) is 0. The summed E-state index contributed by atoms with van der Waals surface area (Å²) < 4.78 is 40.1. The van der Waals surface area contributed by atoms with E-state index in [4.69, 9.17) is 11.6 Å². The number of hydrogen-bond donors (Lipinski definition) is 1. The number of benzene rings is 1. The third-order valence-electron chi connectivity index (χ3n) is 2.94. The van der Waals surface area contributed by atoms with Crippen LogP contribution in [0.15, 0.2) is 24.3 Å². The van der Waals surface area contributed by atoms with Crippen molar-refractivity contribution in [3.8, 4) is 0 Å². The van der Waals surface area contributed by atoms with Crippen LogP contribution in [0.1, 0.15) is 17.0 Å². The Bertz CT molecular complexity index is 620. The zero-order chi connectivity index (χ0) is 14.9. The first-order chi connectivity index (χ1) is 9.30. The van der Waals surface area contributed by atoms with E-state index in [1.54, 1.807) is 24.7 Å². The lowest BCUT2D eigenvalue weighted by atomic mass is 10.1. The van der Waals surface area contributed by atoms with Crippen LogP contribution in [0.2, 0.25) is 5.02 Å². The van der Waals surface area contributed by atoms with E-state index in [1.165, 1.54) is 12.1 Å². The molecule has 2 aromatic rings. The molecule has 0 fully saturated rings. The van der Waals surface area contributed by atoms with Crippen molar-refractivity contribution in [2.24, 2.45) is 7.05 Å². The van der Waals surface area contributed by atoms with E-state index in [9.17, 15) is 13.2 Å². The highest BCUT2D eigenvalue weighted by Crippen LogP contribution is 2.35. The maximum Gasteiger partial charge on any atom is 0.418 e. The number of anilines is 1. The Morgan fingerprint density at radius 1 is 1.30 bits per heavy atom. The molecule has 0 radical (unpaired) electrons. The van der Waals surface area contributed by atoms with Crippen molar-refractivity contribution in [2.75, 3.05) is 5.32 Å². The van der Waals surface area contributed by atoms with Gasteiger partial charge in [0.2, 0.25) is 0 Å². The molecule has 1 aromatic carbocycles. The molecule has 1 aromatic heterocycles. The number of alkyl halides is 3. The summed E-state index contributed by atoms with van der Waals surface area (Å²) in [5.41, 5.74) is 0.612. The minimum atomic E-state index is -4.39. The molecular formula is C13H13ClF3N3. The van der Waals surface area contributed by atoms with Crippen LogP contribution in [0, 0.1) is 6.92 Å². The Labute approximate surface area is 119 Å². The maximum atomic E-state index is 12.9. The van der Waals surface area contributed by atoms with Crippen molar-refractivity contribution in [3.63, 3.8) is 0 Å². The van der Waals surface area contributed by atoms with Crippen molar-refractivity contribution >= 4 is 17.3 Å². The highest BCUT2D eigenvalue weighted by Gasteiger charge is 2.33. The van der Waals surface area contributed by atoms with E-state index < -0.39 is 11.7 Å². The number of hydrogen-bond acceptors (Lipinski definition) is 2. The monoisotopic (exact) mass is 303 g/mol. The fraction of sp³-hybridized carbons (Fsp3) is 0.308. The van der Waals surface area contributed by atoms with Gasteiger partial charge in [-0.25, -0.2) is 0 Å². The molecule has 3 nitrogen and oxygen atoms in total. The molecule has 0 atom stereocenters. The van der Waals surface area contributed by atoms with Gasteiger partial charge in [-0.05, 0) is 19.1 Å². The smallest absolute Gasteiger partial charge is 0.379 e. The number of halogens is 4. The second kappa shape index (κ2) is 5.36. The zero-order valence-electron chi connectivity index (χ0n) is 10.9. The second-order valence-corrected chi connectivity index (χ2v) is 4.74. The standard InChI is InChI=1S/C13H13ClF3N3/c1-8-12(14)11(20(2)19-8)7-18-10-6-4-3-5-9(10)13(15,16)17/h3-6,18H,7H2,1-2H3. The van der Waals surface area contributed by atoms with Gasteiger partial charge in [0.15, 0.2) is 0 Å². The molecule has 0 spiro atoms. The number of para-hydroxylation sites is 1. The Morgan fingerprint density at radius 2 is 1.95 bits per heavy atom. The third kappa shape index (κ3) is 2.90. The molecule has 108 valence electrons. The van der Waals surface area contributed by atoms with Gasteiger partial charge in [0.25, 0.3) is 0 Å². The van der Waals surface area contributed by atoms with E-state index in [0.29, 0.717) is 16.4 Å². The van der Waals surface area contributed by atoms with Crippen molar-refractivity contribution in [1.82, 2.24) is 9.78 Å². The largest absolute Gasteiger partial charge is 0.418 e. The fourth-order valence-electron chi connectivity index (χ4n) is 1.94. The molecule has 0 saturated carbocycles. The number of aromatic nitrogens is 2. The van der Waals surface area contributed by atoms with Gasteiger partial charge >= 0.3 is 6.18 Å². The summed E-state index contributed by atoms with van der Waals surface area (Å²) in [6, 6.07) is 5.33. The Morgan fingerprint density at radius 3 is 2.50 bits per heavy atom. The summed E-state index contributed by atoms with van der Waals surface area (Å²) in [6.45, 7) is 1.92.